The summed E-state index contributed by atoms with van der Waals surface area (Å²) in [7, 11) is 0. The average Bonchev–Trinajstić information content (AvgIpc) is 3.26. The van der Waals surface area contributed by atoms with Crippen molar-refractivity contribution in [2.75, 3.05) is 31.6 Å². The van der Waals surface area contributed by atoms with Crippen molar-refractivity contribution in [2.45, 2.75) is 25.7 Å². The molecule has 1 aliphatic carbocycles. The van der Waals surface area contributed by atoms with Crippen molar-refractivity contribution in [3.8, 4) is 5.75 Å². The molecule has 8 nitrogen and oxygen atoms in total. The summed E-state index contributed by atoms with van der Waals surface area (Å²) in [5.74, 6) is -2.05. The second kappa shape index (κ2) is 9.01. The van der Waals surface area contributed by atoms with Crippen LogP contribution in [0.3, 0.4) is 0 Å². The SMILES string of the molecule is CCOC(=O)C1CCc2sc(NC(=O)C3CN(C(=O)COc4ccccc4F)C3)nc21. The maximum absolute atomic E-state index is 13.5. The highest BCUT2D eigenvalue weighted by atomic mass is 32.1. The Morgan fingerprint density at radius 1 is 1.29 bits per heavy atom. The molecule has 1 saturated heterocycles. The molecule has 1 aromatic carbocycles. The lowest BCUT2D eigenvalue weighted by molar-refractivity contribution is -0.145. The van der Waals surface area contributed by atoms with Gasteiger partial charge in [0.15, 0.2) is 23.3 Å². The highest BCUT2D eigenvalue weighted by molar-refractivity contribution is 7.16. The molecule has 2 heterocycles. The van der Waals surface area contributed by atoms with Crippen LogP contribution >= 0.6 is 11.3 Å². The van der Waals surface area contributed by atoms with Crippen molar-refractivity contribution >= 4 is 34.3 Å². The first kappa shape index (κ1) is 21.2. The van der Waals surface area contributed by atoms with Gasteiger partial charge in [0.25, 0.3) is 5.91 Å². The molecular weight excluding hydrogens is 425 g/mol. The zero-order valence-corrected chi connectivity index (χ0v) is 17.7. The number of hydrogen-bond donors (Lipinski definition) is 1. The number of carbonyl (C=O) groups excluding carboxylic acids is 3. The van der Waals surface area contributed by atoms with Crippen molar-refractivity contribution in [1.82, 2.24) is 9.88 Å². The molecule has 0 bridgehead atoms. The summed E-state index contributed by atoms with van der Waals surface area (Å²) >= 11 is 1.37. The van der Waals surface area contributed by atoms with Gasteiger partial charge in [0.1, 0.15) is 5.92 Å². The fourth-order valence-corrected chi connectivity index (χ4v) is 4.64. The van der Waals surface area contributed by atoms with E-state index < -0.39 is 5.82 Å². The highest BCUT2D eigenvalue weighted by Gasteiger charge is 2.37. The lowest BCUT2D eigenvalue weighted by Crippen LogP contribution is -2.55. The molecule has 2 aromatic rings. The second-order valence-electron chi connectivity index (χ2n) is 7.37. The van der Waals surface area contributed by atoms with Crippen LogP contribution in [0.1, 0.15) is 29.8 Å². The number of hydrogen-bond acceptors (Lipinski definition) is 7. The molecule has 0 saturated carbocycles. The molecule has 2 amide bonds. The summed E-state index contributed by atoms with van der Waals surface area (Å²) in [6, 6.07) is 5.87. The number of fused-ring (bicyclic) bond motifs is 1. The number of rotatable bonds is 7. The van der Waals surface area contributed by atoms with Crippen LogP contribution in [-0.2, 0) is 25.5 Å². The summed E-state index contributed by atoms with van der Waals surface area (Å²) in [5, 5.41) is 3.24. The lowest BCUT2D eigenvalue weighted by atomic mass is 9.99. The summed E-state index contributed by atoms with van der Waals surface area (Å²) in [6.07, 6.45) is 1.41. The summed E-state index contributed by atoms with van der Waals surface area (Å²) in [6.45, 7) is 2.33. The second-order valence-corrected chi connectivity index (χ2v) is 8.46. The molecule has 0 radical (unpaired) electrons. The largest absolute Gasteiger partial charge is 0.481 e. The Morgan fingerprint density at radius 3 is 2.81 bits per heavy atom. The highest BCUT2D eigenvalue weighted by Crippen LogP contribution is 2.39. The third kappa shape index (κ3) is 4.53. The first-order valence-electron chi connectivity index (χ1n) is 10.1. The minimum atomic E-state index is -0.531. The summed E-state index contributed by atoms with van der Waals surface area (Å²) < 4.78 is 23.9. The van der Waals surface area contributed by atoms with Gasteiger partial charge in [-0.2, -0.15) is 0 Å². The van der Waals surface area contributed by atoms with Gasteiger partial charge >= 0.3 is 5.97 Å². The number of benzene rings is 1. The molecule has 2 aliphatic rings. The number of halogens is 1. The van der Waals surface area contributed by atoms with Crippen molar-refractivity contribution in [1.29, 1.82) is 0 Å². The number of ether oxygens (including phenoxy) is 2. The van der Waals surface area contributed by atoms with E-state index in [9.17, 15) is 18.8 Å². The van der Waals surface area contributed by atoms with Crippen molar-refractivity contribution in [2.24, 2.45) is 5.92 Å². The van der Waals surface area contributed by atoms with E-state index in [1.807, 2.05) is 0 Å². The number of amides is 2. The van der Waals surface area contributed by atoms with Crippen LogP contribution in [0.15, 0.2) is 24.3 Å². The Hall–Kier alpha value is -3.01. The topological polar surface area (TPSA) is 97.8 Å². The maximum Gasteiger partial charge on any atom is 0.315 e. The smallest absolute Gasteiger partial charge is 0.315 e. The molecule has 1 unspecified atom stereocenters. The molecule has 164 valence electrons. The molecule has 1 atom stereocenters. The third-order valence-corrected chi connectivity index (χ3v) is 6.36. The zero-order valence-electron chi connectivity index (χ0n) is 16.9. The first-order chi connectivity index (χ1) is 15.0. The molecule has 1 fully saturated rings. The maximum atomic E-state index is 13.5. The van der Waals surface area contributed by atoms with Gasteiger partial charge in [-0.1, -0.05) is 12.1 Å². The van der Waals surface area contributed by atoms with Crippen molar-refractivity contribution in [3.63, 3.8) is 0 Å². The van der Waals surface area contributed by atoms with Gasteiger partial charge in [0, 0.05) is 18.0 Å². The molecular formula is C21H22FN3O5S. The van der Waals surface area contributed by atoms with E-state index in [0.29, 0.717) is 23.9 Å². The average molecular weight is 447 g/mol. The third-order valence-electron chi connectivity index (χ3n) is 5.31. The zero-order chi connectivity index (χ0) is 22.0. The number of carbonyl (C=O) groups is 3. The van der Waals surface area contributed by atoms with Gasteiger partial charge < -0.3 is 19.7 Å². The number of nitrogens with zero attached hydrogens (tertiary/aromatic N) is 2. The van der Waals surface area contributed by atoms with E-state index in [2.05, 4.69) is 10.3 Å². The molecule has 4 rings (SSSR count). The minimum absolute atomic E-state index is 0.0172. The molecule has 1 N–H and O–H groups in total. The van der Waals surface area contributed by atoms with E-state index in [4.69, 9.17) is 9.47 Å². The van der Waals surface area contributed by atoms with Crippen LogP contribution in [0.5, 0.6) is 5.75 Å². The first-order valence-corrected chi connectivity index (χ1v) is 10.9. The molecule has 0 spiro atoms. The number of aryl methyl sites for hydroxylation is 1. The van der Waals surface area contributed by atoms with Gasteiger partial charge in [0.2, 0.25) is 5.91 Å². The predicted molar refractivity (Wildman–Crippen MR) is 110 cm³/mol. The van der Waals surface area contributed by atoms with E-state index in [0.717, 1.165) is 11.3 Å². The Morgan fingerprint density at radius 2 is 2.06 bits per heavy atom. The number of thiazole rings is 1. The standard InChI is InChI=1S/C21H22FN3O5S/c1-2-29-20(28)13-7-8-16-18(13)23-21(31-16)24-19(27)12-9-25(10-12)17(26)11-30-15-6-4-3-5-14(15)22/h3-6,12-13H,2,7-11H2,1H3,(H,23,24,27). The van der Waals surface area contributed by atoms with Gasteiger partial charge in [-0.3, -0.25) is 14.4 Å². The van der Waals surface area contributed by atoms with Gasteiger partial charge in [-0.05, 0) is 31.9 Å². The number of anilines is 1. The summed E-state index contributed by atoms with van der Waals surface area (Å²) in [4.78, 5) is 43.6. The molecule has 1 aliphatic heterocycles. The Balaban J connectivity index is 1.25. The van der Waals surface area contributed by atoms with Crippen molar-refractivity contribution < 1.29 is 28.2 Å². The number of aromatic nitrogens is 1. The van der Waals surface area contributed by atoms with E-state index >= 15 is 0 Å². The normalized spacial score (nSPS) is 17.6. The van der Waals surface area contributed by atoms with E-state index in [-0.39, 0.29) is 55.1 Å². The van der Waals surface area contributed by atoms with Crippen LogP contribution in [0.2, 0.25) is 0 Å². The minimum Gasteiger partial charge on any atom is -0.481 e. The number of esters is 1. The van der Waals surface area contributed by atoms with Gasteiger partial charge in [-0.15, -0.1) is 11.3 Å². The molecule has 31 heavy (non-hydrogen) atoms. The van der Waals surface area contributed by atoms with E-state index in [1.165, 1.54) is 34.4 Å². The lowest BCUT2D eigenvalue weighted by Gasteiger charge is -2.37. The quantitative estimate of drug-likeness (QED) is 0.655. The summed E-state index contributed by atoms with van der Waals surface area (Å²) in [5.41, 5.74) is 0.689. The Kier molecular flexibility index (Phi) is 6.17. The Labute approximate surface area is 182 Å². The molecule has 1 aromatic heterocycles. The van der Waals surface area contributed by atoms with Crippen LogP contribution < -0.4 is 10.1 Å². The number of para-hydroxylation sites is 1. The predicted octanol–water partition coefficient (Wildman–Crippen LogP) is 2.35. The number of nitrogens with one attached hydrogen (secondary N) is 1. The van der Waals surface area contributed by atoms with Crippen LogP contribution in [-0.4, -0.2) is 54.0 Å². The van der Waals surface area contributed by atoms with Gasteiger partial charge in [0.05, 0.1) is 18.2 Å². The van der Waals surface area contributed by atoms with E-state index in [1.54, 1.807) is 13.0 Å². The van der Waals surface area contributed by atoms with Gasteiger partial charge in [-0.25, -0.2) is 9.37 Å². The monoisotopic (exact) mass is 447 g/mol. The van der Waals surface area contributed by atoms with Crippen molar-refractivity contribution in [3.05, 3.63) is 40.7 Å². The Bertz CT molecular complexity index is 1000. The fraction of sp³-hybridized carbons (Fsp3) is 0.429. The van der Waals surface area contributed by atoms with Crippen LogP contribution in [0.25, 0.3) is 0 Å². The van der Waals surface area contributed by atoms with Crippen LogP contribution in [0.4, 0.5) is 9.52 Å². The fourth-order valence-electron chi connectivity index (χ4n) is 3.60. The number of likely N-dealkylation sites (tertiary alicyclic amines) is 1. The molecule has 10 heteroatoms. The van der Waals surface area contributed by atoms with Crippen LogP contribution in [0, 0.1) is 11.7 Å².